The zero-order chi connectivity index (χ0) is 17.0. The number of carbonyl (C=O) groups excluding carboxylic acids is 2. The highest BCUT2D eigenvalue weighted by molar-refractivity contribution is 6.31. The third-order valence-corrected chi connectivity index (χ3v) is 3.39. The van der Waals surface area contributed by atoms with Crippen molar-refractivity contribution in [3.63, 3.8) is 0 Å². The Morgan fingerprint density at radius 2 is 1.96 bits per heavy atom. The van der Waals surface area contributed by atoms with E-state index >= 15 is 0 Å². The molecule has 0 radical (unpaired) electrons. The fraction of sp³-hybridized carbons (Fsp3) is 0.176. The summed E-state index contributed by atoms with van der Waals surface area (Å²) in [6, 6.07) is 8.71. The molecule has 120 valence electrons. The minimum absolute atomic E-state index is 0.0942. The molecule has 0 spiro atoms. The third kappa shape index (κ3) is 4.53. The van der Waals surface area contributed by atoms with Crippen molar-refractivity contribution < 1.29 is 18.7 Å². The van der Waals surface area contributed by atoms with E-state index in [0.29, 0.717) is 10.7 Å². The molecule has 0 atom stereocenters. The van der Waals surface area contributed by atoms with Crippen LogP contribution in [0.5, 0.6) is 5.75 Å². The summed E-state index contributed by atoms with van der Waals surface area (Å²) in [7, 11) is 0. The van der Waals surface area contributed by atoms with Gasteiger partial charge in [0.15, 0.2) is 12.4 Å². The Bertz CT molecular complexity index is 761. The molecule has 6 heteroatoms. The highest BCUT2D eigenvalue weighted by Gasteiger charge is 2.12. The topological polar surface area (TPSA) is 55.4 Å². The number of benzene rings is 2. The molecule has 0 aliphatic rings. The molecule has 1 N–H and O–H groups in total. The highest BCUT2D eigenvalue weighted by atomic mass is 35.5. The van der Waals surface area contributed by atoms with Gasteiger partial charge in [-0.2, -0.15) is 0 Å². The van der Waals surface area contributed by atoms with Crippen molar-refractivity contribution in [2.24, 2.45) is 0 Å². The van der Waals surface area contributed by atoms with Crippen LogP contribution in [0.1, 0.15) is 22.8 Å². The fourth-order valence-corrected chi connectivity index (χ4v) is 2.13. The smallest absolute Gasteiger partial charge is 0.262 e. The van der Waals surface area contributed by atoms with Gasteiger partial charge in [-0.15, -0.1) is 0 Å². The number of carbonyl (C=O) groups is 2. The van der Waals surface area contributed by atoms with Crippen molar-refractivity contribution in [2.75, 3.05) is 11.9 Å². The van der Waals surface area contributed by atoms with E-state index in [-0.39, 0.29) is 23.7 Å². The summed E-state index contributed by atoms with van der Waals surface area (Å²) in [5.74, 6) is -1.13. The van der Waals surface area contributed by atoms with Gasteiger partial charge in [0.05, 0.1) is 5.56 Å². The second kappa shape index (κ2) is 7.24. The SMILES string of the molecule is CC(=O)c1cc(F)ccc1OCC(=O)Nc1cc(Cl)ccc1C. The van der Waals surface area contributed by atoms with Gasteiger partial charge in [-0.3, -0.25) is 9.59 Å². The van der Waals surface area contributed by atoms with Crippen LogP contribution in [-0.2, 0) is 4.79 Å². The maximum atomic E-state index is 13.2. The summed E-state index contributed by atoms with van der Waals surface area (Å²) < 4.78 is 18.5. The third-order valence-electron chi connectivity index (χ3n) is 3.15. The number of hydrogen-bond donors (Lipinski definition) is 1. The van der Waals surface area contributed by atoms with E-state index < -0.39 is 11.7 Å². The minimum atomic E-state index is -0.540. The Kier molecular flexibility index (Phi) is 5.34. The zero-order valence-electron chi connectivity index (χ0n) is 12.7. The van der Waals surface area contributed by atoms with Crippen LogP contribution in [0.25, 0.3) is 0 Å². The normalized spacial score (nSPS) is 10.3. The maximum Gasteiger partial charge on any atom is 0.262 e. The number of ether oxygens (including phenoxy) is 1. The number of rotatable bonds is 5. The van der Waals surface area contributed by atoms with E-state index in [9.17, 15) is 14.0 Å². The molecular formula is C17H15ClFNO3. The molecule has 0 heterocycles. The molecule has 0 unspecified atom stereocenters. The van der Waals surface area contributed by atoms with Crippen LogP contribution in [0.4, 0.5) is 10.1 Å². The molecule has 2 aromatic rings. The summed E-state index contributed by atoms with van der Waals surface area (Å²) in [6.45, 7) is 2.83. The maximum absolute atomic E-state index is 13.2. The second-order valence-electron chi connectivity index (χ2n) is 4.99. The van der Waals surface area contributed by atoms with Crippen LogP contribution in [0.3, 0.4) is 0 Å². The monoisotopic (exact) mass is 335 g/mol. The lowest BCUT2D eigenvalue weighted by atomic mass is 10.1. The molecule has 0 aliphatic heterocycles. The van der Waals surface area contributed by atoms with Crippen molar-refractivity contribution in [3.05, 3.63) is 58.4 Å². The Morgan fingerprint density at radius 3 is 2.65 bits per heavy atom. The average molecular weight is 336 g/mol. The molecule has 2 rings (SSSR count). The van der Waals surface area contributed by atoms with Gasteiger partial charge in [0.25, 0.3) is 5.91 Å². The largest absolute Gasteiger partial charge is 0.483 e. The number of anilines is 1. The summed E-state index contributed by atoms with van der Waals surface area (Å²) in [5.41, 5.74) is 1.53. The molecule has 0 aromatic heterocycles. The number of ketones is 1. The quantitative estimate of drug-likeness (QED) is 0.840. The number of hydrogen-bond acceptors (Lipinski definition) is 3. The molecule has 2 aromatic carbocycles. The van der Waals surface area contributed by atoms with E-state index in [1.807, 2.05) is 6.92 Å². The Morgan fingerprint density at radius 1 is 1.22 bits per heavy atom. The van der Waals surface area contributed by atoms with Crippen molar-refractivity contribution >= 4 is 29.0 Å². The van der Waals surface area contributed by atoms with Crippen molar-refractivity contribution in [1.82, 2.24) is 0 Å². The molecular weight excluding hydrogens is 321 g/mol. The Labute approximate surface area is 138 Å². The first-order valence-corrected chi connectivity index (χ1v) is 7.24. The van der Waals surface area contributed by atoms with Gasteiger partial charge in [-0.25, -0.2) is 4.39 Å². The molecule has 0 saturated heterocycles. The van der Waals surface area contributed by atoms with Gasteiger partial charge >= 0.3 is 0 Å². The van der Waals surface area contributed by atoms with Crippen LogP contribution >= 0.6 is 11.6 Å². The number of amides is 1. The predicted octanol–water partition coefficient (Wildman–Crippen LogP) is 4.01. The summed E-state index contributed by atoms with van der Waals surface area (Å²) >= 11 is 5.89. The highest BCUT2D eigenvalue weighted by Crippen LogP contribution is 2.22. The molecule has 0 aliphatic carbocycles. The van der Waals surface area contributed by atoms with E-state index in [2.05, 4.69) is 5.32 Å². The van der Waals surface area contributed by atoms with Gasteiger partial charge in [0.1, 0.15) is 11.6 Å². The summed E-state index contributed by atoms with van der Waals surface area (Å²) in [4.78, 5) is 23.4. The predicted molar refractivity (Wildman–Crippen MR) is 86.7 cm³/mol. The van der Waals surface area contributed by atoms with Gasteiger partial charge in [-0.1, -0.05) is 17.7 Å². The molecule has 0 bridgehead atoms. The van der Waals surface area contributed by atoms with Crippen LogP contribution in [0, 0.1) is 12.7 Å². The molecule has 0 fully saturated rings. The van der Waals surface area contributed by atoms with E-state index in [1.54, 1.807) is 18.2 Å². The number of Topliss-reactive ketones (excluding diaryl/α,β-unsaturated/α-hetero) is 1. The van der Waals surface area contributed by atoms with Crippen LogP contribution in [0.15, 0.2) is 36.4 Å². The lowest BCUT2D eigenvalue weighted by molar-refractivity contribution is -0.118. The van der Waals surface area contributed by atoms with E-state index in [1.165, 1.54) is 19.1 Å². The number of halogens is 2. The Balaban J connectivity index is 2.05. The van der Waals surface area contributed by atoms with Gasteiger partial charge in [0, 0.05) is 10.7 Å². The Hall–Kier alpha value is -2.40. The number of aryl methyl sites for hydroxylation is 1. The van der Waals surface area contributed by atoms with Crippen molar-refractivity contribution in [3.8, 4) is 5.75 Å². The fourth-order valence-electron chi connectivity index (χ4n) is 1.96. The van der Waals surface area contributed by atoms with Crippen LogP contribution < -0.4 is 10.1 Å². The van der Waals surface area contributed by atoms with Gasteiger partial charge in [0.2, 0.25) is 0 Å². The first-order valence-electron chi connectivity index (χ1n) is 6.86. The van der Waals surface area contributed by atoms with Crippen molar-refractivity contribution in [1.29, 1.82) is 0 Å². The lowest BCUT2D eigenvalue weighted by Gasteiger charge is -2.11. The summed E-state index contributed by atoms with van der Waals surface area (Å²) in [5, 5.41) is 3.18. The molecule has 4 nitrogen and oxygen atoms in total. The van der Waals surface area contributed by atoms with E-state index in [0.717, 1.165) is 11.6 Å². The van der Waals surface area contributed by atoms with Gasteiger partial charge in [-0.05, 0) is 49.7 Å². The minimum Gasteiger partial charge on any atom is -0.483 e. The molecule has 23 heavy (non-hydrogen) atoms. The zero-order valence-corrected chi connectivity index (χ0v) is 13.4. The molecule has 0 saturated carbocycles. The second-order valence-corrected chi connectivity index (χ2v) is 5.43. The van der Waals surface area contributed by atoms with Gasteiger partial charge < -0.3 is 10.1 Å². The number of nitrogens with one attached hydrogen (secondary N) is 1. The average Bonchev–Trinajstić information content (AvgIpc) is 2.49. The van der Waals surface area contributed by atoms with Crippen molar-refractivity contribution in [2.45, 2.75) is 13.8 Å². The van der Waals surface area contributed by atoms with Crippen LogP contribution in [0.2, 0.25) is 5.02 Å². The van der Waals surface area contributed by atoms with E-state index in [4.69, 9.17) is 16.3 Å². The standard InChI is InChI=1S/C17H15ClFNO3/c1-10-3-4-12(18)7-15(10)20-17(22)9-23-16-6-5-13(19)8-14(16)11(2)21/h3-8H,9H2,1-2H3,(H,20,22). The molecule has 1 amide bonds. The van der Waals surface area contributed by atoms with Crippen LogP contribution in [-0.4, -0.2) is 18.3 Å². The first-order chi connectivity index (χ1) is 10.9. The first kappa shape index (κ1) is 17.0. The summed E-state index contributed by atoms with van der Waals surface area (Å²) in [6.07, 6.45) is 0. The lowest BCUT2D eigenvalue weighted by Crippen LogP contribution is -2.21.